The molecular formula is C28H21N. The lowest BCUT2D eigenvalue weighted by atomic mass is 9.91. The molecule has 0 aliphatic heterocycles. The van der Waals surface area contributed by atoms with Crippen LogP contribution in [0.25, 0.3) is 33.0 Å². The molecule has 0 saturated carbocycles. The highest BCUT2D eigenvalue weighted by Gasteiger charge is 2.13. The highest BCUT2D eigenvalue weighted by atomic mass is 14.9. The molecule has 138 valence electrons. The van der Waals surface area contributed by atoms with Gasteiger partial charge in [-0.2, -0.15) is 0 Å². The molecule has 1 heteroatoms. The first-order valence-electron chi connectivity index (χ1n) is 9.88. The van der Waals surface area contributed by atoms with E-state index in [1.165, 1.54) is 33.0 Å². The van der Waals surface area contributed by atoms with Crippen LogP contribution in [0, 0.1) is 0 Å². The Morgan fingerprint density at radius 1 is 0.448 bits per heavy atom. The van der Waals surface area contributed by atoms with Crippen molar-refractivity contribution in [2.24, 2.45) is 0 Å². The molecule has 5 aromatic carbocycles. The van der Waals surface area contributed by atoms with E-state index in [4.69, 9.17) is 0 Å². The summed E-state index contributed by atoms with van der Waals surface area (Å²) in [5.41, 5.74) is 7.05. The van der Waals surface area contributed by atoms with Crippen LogP contribution in [0.3, 0.4) is 0 Å². The zero-order chi connectivity index (χ0) is 19.5. The van der Waals surface area contributed by atoms with Gasteiger partial charge in [-0.1, -0.05) is 97.1 Å². The van der Waals surface area contributed by atoms with E-state index < -0.39 is 0 Å². The van der Waals surface area contributed by atoms with Crippen LogP contribution in [0.5, 0.6) is 0 Å². The van der Waals surface area contributed by atoms with Crippen molar-refractivity contribution in [3.05, 3.63) is 121 Å². The van der Waals surface area contributed by atoms with Gasteiger partial charge in [0.2, 0.25) is 0 Å². The Morgan fingerprint density at radius 3 is 1.93 bits per heavy atom. The number of hydrogen-bond donors (Lipinski definition) is 1. The van der Waals surface area contributed by atoms with Crippen molar-refractivity contribution >= 4 is 22.1 Å². The van der Waals surface area contributed by atoms with Gasteiger partial charge in [-0.05, 0) is 51.7 Å². The Labute approximate surface area is 171 Å². The van der Waals surface area contributed by atoms with E-state index in [2.05, 4.69) is 121 Å². The fraction of sp³-hybridized carbons (Fsp3) is 0. The summed E-state index contributed by atoms with van der Waals surface area (Å²) < 4.78 is 0. The second kappa shape index (κ2) is 7.65. The molecule has 1 N–H and O–H groups in total. The number of hydrogen-bond acceptors (Lipinski definition) is 1. The van der Waals surface area contributed by atoms with Gasteiger partial charge >= 0.3 is 0 Å². The lowest BCUT2D eigenvalue weighted by molar-refractivity contribution is 1.52. The van der Waals surface area contributed by atoms with E-state index in [1.807, 2.05) is 6.07 Å². The topological polar surface area (TPSA) is 12.0 Å². The third kappa shape index (κ3) is 3.51. The lowest BCUT2D eigenvalue weighted by Gasteiger charge is -2.17. The van der Waals surface area contributed by atoms with Gasteiger partial charge in [0.25, 0.3) is 0 Å². The predicted molar refractivity (Wildman–Crippen MR) is 125 cm³/mol. The molecule has 0 unspecified atom stereocenters. The van der Waals surface area contributed by atoms with Crippen molar-refractivity contribution < 1.29 is 0 Å². The van der Waals surface area contributed by atoms with Crippen LogP contribution in [0.2, 0.25) is 0 Å². The maximum Gasteiger partial charge on any atom is 0.0470 e. The first-order chi connectivity index (χ1) is 14.4. The van der Waals surface area contributed by atoms with Gasteiger partial charge in [0.1, 0.15) is 0 Å². The number of rotatable bonds is 4. The van der Waals surface area contributed by atoms with Crippen LogP contribution in [0.15, 0.2) is 121 Å². The third-order valence-corrected chi connectivity index (χ3v) is 5.24. The summed E-state index contributed by atoms with van der Waals surface area (Å²) in [6.45, 7) is 0. The van der Waals surface area contributed by atoms with E-state index >= 15 is 0 Å². The largest absolute Gasteiger partial charge is 0.355 e. The van der Waals surface area contributed by atoms with E-state index in [9.17, 15) is 0 Å². The van der Waals surface area contributed by atoms with E-state index in [-0.39, 0.29) is 0 Å². The van der Waals surface area contributed by atoms with Crippen LogP contribution < -0.4 is 5.32 Å². The average molecular weight is 371 g/mol. The number of fused-ring (bicyclic) bond motifs is 1. The van der Waals surface area contributed by atoms with Gasteiger partial charge in [-0.3, -0.25) is 0 Å². The summed E-state index contributed by atoms with van der Waals surface area (Å²) in [7, 11) is 0. The van der Waals surface area contributed by atoms with E-state index in [0.717, 1.165) is 11.4 Å². The zero-order valence-corrected chi connectivity index (χ0v) is 16.0. The second-order valence-corrected chi connectivity index (χ2v) is 7.15. The SMILES string of the molecule is c1ccc(Nc2cccc(-c3ccc4ccccc4c3)c2-c2ccccc2)cc1. The summed E-state index contributed by atoms with van der Waals surface area (Å²) in [6.07, 6.45) is 0. The highest BCUT2D eigenvalue weighted by Crippen LogP contribution is 2.39. The molecule has 0 bridgehead atoms. The maximum absolute atomic E-state index is 3.62. The quantitative estimate of drug-likeness (QED) is 0.338. The molecule has 0 amide bonds. The van der Waals surface area contributed by atoms with E-state index in [1.54, 1.807) is 0 Å². The van der Waals surface area contributed by atoms with Gasteiger partial charge in [0, 0.05) is 16.9 Å². The minimum Gasteiger partial charge on any atom is -0.355 e. The number of nitrogens with one attached hydrogen (secondary N) is 1. The molecule has 0 saturated heterocycles. The van der Waals surface area contributed by atoms with Crippen LogP contribution >= 0.6 is 0 Å². The molecule has 0 aromatic heterocycles. The average Bonchev–Trinajstić information content (AvgIpc) is 2.80. The molecule has 29 heavy (non-hydrogen) atoms. The molecule has 0 aliphatic rings. The molecule has 0 atom stereocenters. The van der Waals surface area contributed by atoms with Gasteiger partial charge in [-0.15, -0.1) is 0 Å². The summed E-state index contributed by atoms with van der Waals surface area (Å²) in [6, 6.07) is 42.6. The Balaban J connectivity index is 1.71. The molecule has 0 radical (unpaired) electrons. The maximum atomic E-state index is 3.62. The number of para-hydroxylation sites is 1. The standard InChI is InChI=1S/C28H21N/c1-3-11-22(12-4-1)28-26(24-19-18-21-10-7-8-13-23(21)20-24)16-9-17-27(28)29-25-14-5-2-6-15-25/h1-20,29H. The summed E-state index contributed by atoms with van der Waals surface area (Å²) in [5.74, 6) is 0. The third-order valence-electron chi connectivity index (χ3n) is 5.24. The fourth-order valence-corrected chi connectivity index (χ4v) is 3.85. The van der Waals surface area contributed by atoms with Crippen molar-refractivity contribution in [3.8, 4) is 22.3 Å². The van der Waals surface area contributed by atoms with Crippen molar-refractivity contribution in [2.45, 2.75) is 0 Å². The monoisotopic (exact) mass is 371 g/mol. The molecule has 0 spiro atoms. The summed E-state index contributed by atoms with van der Waals surface area (Å²) >= 11 is 0. The van der Waals surface area contributed by atoms with Gasteiger partial charge in [-0.25, -0.2) is 0 Å². The molecule has 0 heterocycles. The van der Waals surface area contributed by atoms with Crippen molar-refractivity contribution in [1.82, 2.24) is 0 Å². The normalized spacial score (nSPS) is 10.8. The Kier molecular flexibility index (Phi) is 4.56. The van der Waals surface area contributed by atoms with Crippen LogP contribution in [-0.2, 0) is 0 Å². The fourth-order valence-electron chi connectivity index (χ4n) is 3.85. The van der Waals surface area contributed by atoms with Crippen molar-refractivity contribution in [3.63, 3.8) is 0 Å². The number of benzene rings is 5. The lowest BCUT2D eigenvalue weighted by Crippen LogP contribution is -1.95. The zero-order valence-electron chi connectivity index (χ0n) is 16.0. The molecule has 0 fully saturated rings. The van der Waals surface area contributed by atoms with Crippen LogP contribution in [0.4, 0.5) is 11.4 Å². The Hall–Kier alpha value is -3.84. The van der Waals surface area contributed by atoms with Crippen molar-refractivity contribution in [2.75, 3.05) is 5.32 Å². The molecular weight excluding hydrogens is 350 g/mol. The molecule has 5 rings (SSSR count). The minimum absolute atomic E-state index is 1.08. The Bertz CT molecular complexity index is 1260. The highest BCUT2D eigenvalue weighted by molar-refractivity contribution is 5.96. The van der Waals surface area contributed by atoms with Crippen molar-refractivity contribution in [1.29, 1.82) is 0 Å². The summed E-state index contributed by atoms with van der Waals surface area (Å²) in [4.78, 5) is 0. The number of anilines is 2. The molecule has 1 nitrogen and oxygen atoms in total. The van der Waals surface area contributed by atoms with Gasteiger partial charge in [0.15, 0.2) is 0 Å². The molecule has 5 aromatic rings. The van der Waals surface area contributed by atoms with Crippen LogP contribution in [0.1, 0.15) is 0 Å². The predicted octanol–water partition coefficient (Wildman–Crippen LogP) is 7.92. The molecule has 0 aliphatic carbocycles. The van der Waals surface area contributed by atoms with E-state index in [0.29, 0.717) is 0 Å². The smallest absolute Gasteiger partial charge is 0.0470 e. The first kappa shape index (κ1) is 17.3. The second-order valence-electron chi connectivity index (χ2n) is 7.15. The minimum atomic E-state index is 1.08. The Morgan fingerprint density at radius 2 is 1.14 bits per heavy atom. The van der Waals surface area contributed by atoms with Crippen LogP contribution in [-0.4, -0.2) is 0 Å². The van der Waals surface area contributed by atoms with Gasteiger partial charge < -0.3 is 5.32 Å². The first-order valence-corrected chi connectivity index (χ1v) is 9.88. The summed E-state index contributed by atoms with van der Waals surface area (Å²) in [5, 5.41) is 6.13. The van der Waals surface area contributed by atoms with Gasteiger partial charge in [0.05, 0.1) is 0 Å².